The van der Waals surface area contributed by atoms with Crippen LogP contribution in [0.5, 0.6) is 0 Å². The van der Waals surface area contributed by atoms with Crippen LogP contribution in [0.2, 0.25) is 0 Å². The van der Waals surface area contributed by atoms with Gasteiger partial charge in [0, 0.05) is 6.20 Å². The van der Waals surface area contributed by atoms with E-state index in [2.05, 4.69) is 18.0 Å². The minimum atomic E-state index is 1.06. The molecule has 0 saturated carbocycles. The molecule has 1 heteroatoms. The Morgan fingerprint density at radius 3 is 2.80 bits per heavy atom. The summed E-state index contributed by atoms with van der Waals surface area (Å²) in [5.41, 5.74) is 2.28. The average Bonchev–Trinajstić information content (AvgIpc) is 2.05. The van der Waals surface area contributed by atoms with Gasteiger partial charge in [0.15, 0.2) is 0 Å². The maximum atomic E-state index is 4.18. The number of allylic oxidation sites excluding steroid dienone is 2. The number of pyridine rings is 1. The number of hydrogen-bond donors (Lipinski definition) is 0. The fraction of sp³-hybridized carbons (Fsp3) is 0.222. The number of nitrogens with zero attached hydrogens (tertiary/aromatic N) is 1. The second kappa shape index (κ2) is 3.16. The van der Waals surface area contributed by atoms with Crippen LogP contribution in [-0.2, 0) is 0 Å². The molecule has 1 rings (SSSR count). The highest BCUT2D eigenvalue weighted by molar-refractivity contribution is 5.59. The first-order valence-electron chi connectivity index (χ1n) is 3.39. The van der Waals surface area contributed by atoms with E-state index in [1.54, 1.807) is 0 Å². The third-order valence-electron chi connectivity index (χ3n) is 1.50. The third-order valence-corrected chi connectivity index (χ3v) is 1.50. The first-order valence-corrected chi connectivity index (χ1v) is 3.39. The fourth-order valence-corrected chi connectivity index (χ4v) is 0.744. The van der Waals surface area contributed by atoms with Gasteiger partial charge in [-0.3, -0.25) is 4.98 Å². The lowest BCUT2D eigenvalue weighted by atomic mass is 10.2. The van der Waals surface area contributed by atoms with Crippen LogP contribution in [0.1, 0.15) is 19.5 Å². The van der Waals surface area contributed by atoms with Crippen molar-refractivity contribution in [3.8, 4) is 0 Å². The number of rotatable bonds is 1. The molecular formula is C9H11N. The third kappa shape index (κ3) is 1.44. The molecule has 10 heavy (non-hydrogen) atoms. The zero-order chi connectivity index (χ0) is 7.40. The summed E-state index contributed by atoms with van der Waals surface area (Å²) in [5, 5.41) is 0. The Balaban J connectivity index is 2.96. The topological polar surface area (TPSA) is 12.9 Å². The van der Waals surface area contributed by atoms with Crippen molar-refractivity contribution in [2.24, 2.45) is 0 Å². The van der Waals surface area contributed by atoms with E-state index in [-0.39, 0.29) is 0 Å². The molecule has 0 aliphatic rings. The van der Waals surface area contributed by atoms with Crippen LogP contribution in [0.4, 0.5) is 0 Å². The minimum absolute atomic E-state index is 1.06. The van der Waals surface area contributed by atoms with Crippen molar-refractivity contribution in [2.75, 3.05) is 0 Å². The molecule has 1 aromatic rings. The van der Waals surface area contributed by atoms with E-state index in [0.717, 1.165) is 5.69 Å². The Bertz CT molecular complexity index is 224. The summed E-state index contributed by atoms with van der Waals surface area (Å²) in [5.74, 6) is 0. The van der Waals surface area contributed by atoms with E-state index < -0.39 is 0 Å². The van der Waals surface area contributed by atoms with E-state index in [4.69, 9.17) is 0 Å². The minimum Gasteiger partial charge on any atom is -0.257 e. The van der Waals surface area contributed by atoms with Gasteiger partial charge in [0.05, 0.1) is 5.69 Å². The summed E-state index contributed by atoms with van der Waals surface area (Å²) < 4.78 is 0. The molecule has 0 radical (unpaired) electrons. The molecule has 0 fully saturated rings. The number of hydrogen-bond acceptors (Lipinski definition) is 1. The van der Waals surface area contributed by atoms with Gasteiger partial charge in [-0.1, -0.05) is 12.1 Å². The SMILES string of the molecule is CC=C(C)c1ccccn1. The van der Waals surface area contributed by atoms with Gasteiger partial charge in [-0.05, 0) is 31.6 Å². The first kappa shape index (κ1) is 7.00. The molecule has 0 aliphatic carbocycles. The fourth-order valence-electron chi connectivity index (χ4n) is 0.744. The molecule has 1 aromatic heterocycles. The molecule has 0 unspecified atom stereocenters. The highest BCUT2D eigenvalue weighted by atomic mass is 14.7. The normalized spacial score (nSPS) is 11.6. The van der Waals surface area contributed by atoms with Crippen LogP contribution < -0.4 is 0 Å². The smallest absolute Gasteiger partial charge is 0.0655 e. The Labute approximate surface area is 61.4 Å². The largest absolute Gasteiger partial charge is 0.257 e. The van der Waals surface area contributed by atoms with Gasteiger partial charge in [-0.15, -0.1) is 0 Å². The van der Waals surface area contributed by atoms with Crippen LogP contribution in [-0.4, -0.2) is 4.98 Å². The van der Waals surface area contributed by atoms with Crippen molar-refractivity contribution < 1.29 is 0 Å². The summed E-state index contributed by atoms with van der Waals surface area (Å²) in [6.45, 7) is 4.08. The van der Waals surface area contributed by atoms with Gasteiger partial charge < -0.3 is 0 Å². The highest BCUT2D eigenvalue weighted by Gasteiger charge is 1.90. The van der Waals surface area contributed by atoms with Crippen molar-refractivity contribution in [2.45, 2.75) is 13.8 Å². The lowest BCUT2D eigenvalue weighted by molar-refractivity contribution is 1.26. The lowest BCUT2D eigenvalue weighted by Gasteiger charge is -1.95. The molecule has 1 heterocycles. The summed E-state index contributed by atoms with van der Waals surface area (Å²) in [7, 11) is 0. The first-order chi connectivity index (χ1) is 4.84. The van der Waals surface area contributed by atoms with Crippen molar-refractivity contribution in [3.63, 3.8) is 0 Å². The Hall–Kier alpha value is -1.11. The number of aromatic nitrogens is 1. The van der Waals surface area contributed by atoms with Crippen LogP contribution in [0.15, 0.2) is 30.5 Å². The molecule has 1 nitrogen and oxygen atoms in total. The van der Waals surface area contributed by atoms with Crippen molar-refractivity contribution in [1.29, 1.82) is 0 Å². The van der Waals surface area contributed by atoms with Gasteiger partial charge in [0.25, 0.3) is 0 Å². The Morgan fingerprint density at radius 2 is 2.30 bits per heavy atom. The van der Waals surface area contributed by atoms with E-state index >= 15 is 0 Å². The summed E-state index contributed by atoms with van der Waals surface area (Å²) in [6.07, 6.45) is 3.87. The lowest BCUT2D eigenvalue weighted by Crippen LogP contribution is -1.81. The maximum absolute atomic E-state index is 4.18. The molecule has 0 spiro atoms. The summed E-state index contributed by atoms with van der Waals surface area (Å²) in [6, 6.07) is 5.93. The van der Waals surface area contributed by atoms with Gasteiger partial charge in [-0.2, -0.15) is 0 Å². The molecule has 52 valence electrons. The molecule has 0 N–H and O–H groups in total. The zero-order valence-corrected chi connectivity index (χ0v) is 6.33. The second-order valence-corrected chi connectivity index (χ2v) is 2.19. The molecule has 0 atom stereocenters. The van der Waals surface area contributed by atoms with Gasteiger partial charge >= 0.3 is 0 Å². The predicted molar refractivity (Wildman–Crippen MR) is 43.6 cm³/mol. The predicted octanol–water partition coefficient (Wildman–Crippen LogP) is 2.50. The highest BCUT2D eigenvalue weighted by Crippen LogP contribution is 2.07. The molecule has 0 aliphatic heterocycles. The molecule has 0 saturated heterocycles. The van der Waals surface area contributed by atoms with Crippen LogP contribution in [0.3, 0.4) is 0 Å². The summed E-state index contributed by atoms with van der Waals surface area (Å²) >= 11 is 0. The maximum Gasteiger partial charge on any atom is 0.0655 e. The van der Waals surface area contributed by atoms with E-state index in [9.17, 15) is 0 Å². The molecule has 0 bridgehead atoms. The molecular weight excluding hydrogens is 122 g/mol. The van der Waals surface area contributed by atoms with E-state index in [1.165, 1.54) is 5.57 Å². The second-order valence-electron chi connectivity index (χ2n) is 2.19. The Morgan fingerprint density at radius 1 is 1.50 bits per heavy atom. The van der Waals surface area contributed by atoms with Gasteiger partial charge in [0.2, 0.25) is 0 Å². The zero-order valence-electron chi connectivity index (χ0n) is 6.33. The van der Waals surface area contributed by atoms with Gasteiger partial charge in [0.1, 0.15) is 0 Å². The van der Waals surface area contributed by atoms with Crippen LogP contribution in [0, 0.1) is 0 Å². The summed E-state index contributed by atoms with van der Waals surface area (Å²) in [4.78, 5) is 4.18. The van der Waals surface area contributed by atoms with Crippen molar-refractivity contribution in [1.82, 2.24) is 4.98 Å². The molecule has 0 aromatic carbocycles. The van der Waals surface area contributed by atoms with Crippen molar-refractivity contribution >= 4 is 5.57 Å². The monoisotopic (exact) mass is 133 g/mol. The quantitative estimate of drug-likeness (QED) is 0.573. The Kier molecular flexibility index (Phi) is 2.21. The van der Waals surface area contributed by atoms with Gasteiger partial charge in [-0.25, -0.2) is 0 Å². The van der Waals surface area contributed by atoms with E-state index in [1.807, 2.05) is 31.3 Å². The van der Waals surface area contributed by atoms with Crippen LogP contribution >= 0.6 is 0 Å². The standard InChI is InChI=1S/C9H11N/c1-3-8(2)9-6-4-5-7-10-9/h3-7H,1-2H3. The van der Waals surface area contributed by atoms with E-state index in [0.29, 0.717) is 0 Å². The molecule has 0 amide bonds. The van der Waals surface area contributed by atoms with Crippen LogP contribution in [0.25, 0.3) is 5.57 Å². The van der Waals surface area contributed by atoms with Crippen molar-refractivity contribution in [3.05, 3.63) is 36.2 Å². The average molecular weight is 133 g/mol.